The summed E-state index contributed by atoms with van der Waals surface area (Å²) in [7, 11) is -3.29. The average Bonchev–Trinajstić information content (AvgIpc) is 2.89. The van der Waals surface area contributed by atoms with Crippen LogP contribution in [0.15, 0.2) is 84.9 Å². The SMILES string of the molecule is Cc1ccc(N2c3cc(C)cc4c3P3(=O)c5c(cc(C)cc5N(c5ccc(C)cc5)c5cc(C)cc2c53)O4)cc1. The Kier molecular flexibility index (Phi) is 4.66. The first-order valence-electron chi connectivity index (χ1n) is 13.7. The molecule has 0 saturated carbocycles. The zero-order chi connectivity index (χ0) is 27.5. The van der Waals surface area contributed by atoms with E-state index >= 15 is 4.57 Å². The van der Waals surface area contributed by atoms with Crippen molar-refractivity contribution in [3.8, 4) is 11.5 Å². The van der Waals surface area contributed by atoms with Gasteiger partial charge in [0, 0.05) is 11.4 Å². The largest absolute Gasteiger partial charge is 0.456 e. The second-order valence-electron chi connectivity index (χ2n) is 11.5. The highest BCUT2D eigenvalue weighted by Crippen LogP contribution is 2.66. The molecule has 4 nitrogen and oxygen atoms in total. The molecule has 3 heterocycles. The topological polar surface area (TPSA) is 32.8 Å². The Morgan fingerprint density at radius 1 is 0.475 bits per heavy atom. The van der Waals surface area contributed by atoms with E-state index in [2.05, 4.69) is 117 Å². The Labute approximate surface area is 234 Å². The highest BCUT2D eigenvalue weighted by molar-refractivity contribution is 7.87. The molecule has 5 heteroatoms. The molecular formula is C35H29N2O2P. The molecule has 3 aliphatic heterocycles. The third-order valence-electron chi connectivity index (χ3n) is 8.32. The molecule has 0 radical (unpaired) electrons. The molecule has 0 fully saturated rings. The fourth-order valence-corrected chi connectivity index (χ4v) is 10.1. The normalized spacial score (nSPS) is 15.0. The van der Waals surface area contributed by atoms with Crippen LogP contribution in [-0.4, -0.2) is 0 Å². The van der Waals surface area contributed by atoms with Gasteiger partial charge < -0.3 is 19.1 Å². The lowest BCUT2D eigenvalue weighted by Crippen LogP contribution is -2.45. The van der Waals surface area contributed by atoms with E-state index in [0.717, 1.165) is 66.7 Å². The van der Waals surface area contributed by atoms with Crippen LogP contribution in [0.25, 0.3) is 0 Å². The van der Waals surface area contributed by atoms with Gasteiger partial charge in [0.2, 0.25) is 0 Å². The van der Waals surface area contributed by atoms with Crippen molar-refractivity contribution in [2.24, 2.45) is 0 Å². The number of hydrogen-bond acceptors (Lipinski definition) is 4. The van der Waals surface area contributed by atoms with E-state index in [0.29, 0.717) is 11.5 Å². The molecule has 3 aliphatic rings. The van der Waals surface area contributed by atoms with Gasteiger partial charge in [0.25, 0.3) is 0 Å². The smallest absolute Gasteiger partial charge is 0.186 e. The lowest BCUT2D eigenvalue weighted by Gasteiger charge is -2.47. The molecule has 0 bridgehead atoms. The molecule has 0 saturated heterocycles. The minimum absolute atomic E-state index is 0.695. The van der Waals surface area contributed by atoms with E-state index in [-0.39, 0.29) is 0 Å². The van der Waals surface area contributed by atoms with E-state index < -0.39 is 7.14 Å². The van der Waals surface area contributed by atoms with Crippen LogP contribution < -0.4 is 30.5 Å². The van der Waals surface area contributed by atoms with Gasteiger partial charge in [-0.3, -0.25) is 0 Å². The van der Waals surface area contributed by atoms with Crippen LogP contribution in [0, 0.1) is 34.6 Å². The molecule has 0 aromatic heterocycles. The van der Waals surface area contributed by atoms with Crippen molar-refractivity contribution in [3.63, 3.8) is 0 Å². The minimum atomic E-state index is -3.29. The first-order chi connectivity index (χ1) is 19.2. The molecule has 0 spiro atoms. The molecule has 0 N–H and O–H groups in total. The number of aryl methyl sites for hydroxylation is 5. The standard InChI is InChI=1S/C35H29N2O2P/c1-20-6-10-25(11-7-20)36-27-14-22(3)15-28-33(27)40(38)34-29(36)16-23(4)18-31(34)39-32-19-24(5)17-30(35(32)40)37(28)26-12-8-21(2)9-13-26/h6-19H,1-5H3. The third-order valence-corrected chi connectivity index (χ3v) is 11.6. The number of ether oxygens (including phenoxy) is 1. The second-order valence-corrected chi connectivity index (χ2v) is 14.0. The molecule has 0 amide bonds. The first kappa shape index (κ1) is 23.6. The predicted octanol–water partition coefficient (Wildman–Crippen LogP) is 8.54. The minimum Gasteiger partial charge on any atom is -0.456 e. The molecule has 0 unspecified atom stereocenters. The summed E-state index contributed by atoms with van der Waals surface area (Å²) in [5.74, 6) is 1.39. The van der Waals surface area contributed by atoms with Crippen molar-refractivity contribution < 1.29 is 9.30 Å². The summed E-state index contributed by atoms with van der Waals surface area (Å²) < 4.78 is 22.7. The molecular weight excluding hydrogens is 511 g/mol. The summed E-state index contributed by atoms with van der Waals surface area (Å²) >= 11 is 0. The Morgan fingerprint density at radius 2 is 0.825 bits per heavy atom. The van der Waals surface area contributed by atoms with Crippen LogP contribution in [-0.2, 0) is 4.57 Å². The van der Waals surface area contributed by atoms with E-state index in [9.17, 15) is 0 Å². The van der Waals surface area contributed by atoms with Crippen molar-refractivity contribution in [3.05, 3.63) is 113 Å². The molecule has 0 aliphatic carbocycles. The summed E-state index contributed by atoms with van der Waals surface area (Å²) in [6.07, 6.45) is 0. The highest BCUT2D eigenvalue weighted by atomic mass is 31.2. The number of rotatable bonds is 2. The molecule has 196 valence electrons. The van der Waals surface area contributed by atoms with Gasteiger partial charge in [-0.15, -0.1) is 0 Å². The number of benzene rings is 5. The lowest BCUT2D eigenvalue weighted by atomic mass is 10.0. The summed E-state index contributed by atoms with van der Waals surface area (Å²) in [6.45, 7) is 10.5. The zero-order valence-corrected chi connectivity index (χ0v) is 24.1. The fraction of sp³-hybridized carbons (Fsp3) is 0.143. The van der Waals surface area contributed by atoms with Gasteiger partial charge in [-0.25, -0.2) is 0 Å². The van der Waals surface area contributed by atoms with Gasteiger partial charge in [0.05, 0.1) is 38.7 Å². The van der Waals surface area contributed by atoms with Crippen molar-refractivity contribution in [2.75, 3.05) is 9.80 Å². The van der Waals surface area contributed by atoms with Crippen LogP contribution in [0.5, 0.6) is 11.5 Å². The monoisotopic (exact) mass is 540 g/mol. The van der Waals surface area contributed by atoms with Crippen molar-refractivity contribution in [1.82, 2.24) is 0 Å². The summed E-state index contributed by atoms with van der Waals surface area (Å²) in [4.78, 5) is 4.57. The van der Waals surface area contributed by atoms with Gasteiger partial charge in [-0.05, 0) is 112 Å². The Hall–Kier alpha value is -4.27. The highest BCUT2D eigenvalue weighted by Gasteiger charge is 2.54. The molecule has 5 aromatic rings. The van der Waals surface area contributed by atoms with Crippen LogP contribution >= 0.6 is 7.14 Å². The Balaban J connectivity index is 1.56. The Bertz CT molecular complexity index is 1820. The Morgan fingerprint density at radius 3 is 1.23 bits per heavy atom. The summed E-state index contributed by atoms with van der Waals surface area (Å²) in [5, 5.41) is 2.49. The van der Waals surface area contributed by atoms with Crippen LogP contribution in [0.4, 0.5) is 34.1 Å². The van der Waals surface area contributed by atoms with Crippen molar-refractivity contribution in [2.45, 2.75) is 34.6 Å². The summed E-state index contributed by atoms with van der Waals surface area (Å²) in [5.41, 5.74) is 11.6. The van der Waals surface area contributed by atoms with E-state index in [1.54, 1.807) is 0 Å². The maximum Gasteiger partial charge on any atom is 0.186 e. The third kappa shape index (κ3) is 3.00. The van der Waals surface area contributed by atoms with Gasteiger partial charge >= 0.3 is 0 Å². The van der Waals surface area contributed by atoms with E-state index in [4.69, 9.17) is 4.74 Å². The van der Waals surface area contributed by atoms with E-state index in [1.165, 1.54) is 11.1 Å². The average molecular weight is 541 g/mol. The molecule has 8 rings (SSSR count). The quantitative estimate of drug-likeness (QED) is 0.206. The van der Waals surface area contributed by atoms with Crippen LogP contribution in [0.3, 0.4) is 0 Å². The molecule has 0 atom stereocenters. The maximum absolute atomic E-state index is 16.1. The zero-order valence-electron chi connectivity index (χ0n) is 23.2. The number of nitrogens with zero attached hydrogens (tertiary/aromatic N) is 2. The van der Waals surface area contributed by atoms with Crippen molar-refractivity contribution >= 4 is 57.2 Å². The fourth-order valence-electron chi connectivity index (χ4n) is 6.65. The predicted molar refractivity (Wildman–Crippen MR) is 166 cm³/mol. The van der Waals surface area contributed by atoms with Gasteiger partial charge in [-0.1, -0.05) is 35.4 Å². The van der Waals surface area contributed by atoms with Crippen LogP contribution in [0.2, 0.25) is 0 Å². The molecule has 40 heavy (non-hydrogen) atoms. The number of hydrogen-bond donors (Lipinski definition) is 0. The van der Waals surface area contributed by atoms with Gasteiger partial charge in [-0.2, -0.15) is 0 Å². The van der Waals surface area contributed by atoms with Crippen LogP contribution in [0.1, 0.15) is 27.8 Å². The lowest BCUT2D eigenvalue weighted by molar-refractivity contribution is 0.484. The van der Waals surface area contributed by atoms with Crippen molar-refractivity contribution in [1.29, 1.82) is 0 Å². The second kappa shape index (κ2) is 7.90. The first-order valence-corrected chi connectivity index (χ1v) is 15.4. The van der Waals surface area contributed by atoms with Gasteiger partial charge in [0.1, 0.15) is 11.5 Å². The van der Waals surface area contributed by atoms with E-state index in [1.807, 2.05) is 12.1 Å². The number of anilines is 6. The maximum atomic E-state index is 16.1. The molecule has 5 aromatic carbocycles. The summed E-state index contributed by atoms with van der Waals surface area (Å²) in [6, 6.07) is 30.0. The van der Waals surface area contributed by atoms with Gasteiger partial charge in [0.15, 0.2) is 7.14 Å².